The zero-order valence-electron chi connectivity index (χ0n) is 10.2. The van der Waals surface area contributed by atoms with Crippen LogP contribution >= 0.6 is 0 Å². The molecule has 18 heavy (non-hydrogen) atoms. The quantitative estimate of drug-likeness (QED) is 0.425. The molecule has 0 aliphatic heterocycles. The van der Waals surface area contributed by atoms with E-state index in [0.717, 1.165) is 0 Å². The minimum Gasteiger partial charge on any atom is -0.418 e. The van der Waals surface area contributed by atoms with Gasteiger partial charge in [0.15, 0.2) is 7.14 Å². The molecule has 6 heteroatoms. The minimum atomic E-state index is -6.00. The van der Waals surface area contributed by atoms with Crippen molar-refractivity contribution in [2.45, 2.75) is 0 Å². The van der Waals surface area contributed by atoms with E-state index in [2.05, 4.69) is 60.7 Å². The monoisotopic (exact) mass is 369 g/mol. The Morgan fingerprint density at radius 2 is 0.944 bits per heavy atom. The van der Waals surface area contributed by atoms with E-state index in [1.54, 1.807) is 0 Å². The number of benzene rings is 2. The summed E-state index contributed by atoms with van der Waals surface area (Å²) in [4.78, 5) is 0. The van der Waals surface area contributed by atoms with E-state index in [4.69, 9.17) is 0 Å². The second-order valence-corrected chi connectivity index (χ2v) is 6.21. The highest BCUT2D eigenvalue weighted by Gasteiger charge is 2.20. The van der Waals surface area contributed by atoms with Crippen LogP contribution in [0.3, 0.4) is 0 Å². The maximum atomic E-state index is 9.75. The number of hydrogen-bond donors (Lipinski definition) is 0. The lowest BCUT2D eigenvalue weighted by molar-refractivity contribution is -0.597. The molecular weight excluding hydrogens is 358 g/mol. The van der Waals surface area contributed by atoms with Gasteiger partial charge in [0, 0.05) is 0 Å². The van der Waals surface area contributed by atoms with Crippen LogP contribution in [-0.2, 0) is 0 Å². The van der Waals surface area contributed by atoms with Gasteiger partial charge in [0.25, 0.3) is 0 Å². The van der Waals surface area contributed by atoms with Crippen LogP contribution in [0, 0.1) is 7.14 Å². The molecule has 0 amide bonds. The number of hydrogen-bond acceptors (Lipinski definition) is 0. The molecule has 0 radical (unpaired) electrons. The lowest BCUT2D eigenvalue weighted by atomic mass is 10.3. The van der Waals surface area contributed by atoms with Crippen molar-refractivity contribution in [2.75, 3.05) is 0 Å². The van der Waals surface area contributed by atoms with Gasteiger partial charge in [0.05, 0.1) is 0 Å². The van der Waals surface area contributed by atoms with Crippen LogP contribution in [0.1, 0.15) is 1.43 Å². The normalized spacial score (nSPS) is 10.4. The highest BCUT2D eigenvalue weighted by molar-refractivity contribution is 6.50. The number of rotatable bonds is 2. The Morgan fingerprint density at radius 3 is 1.22 bits per heavy atom. The molecular formula is C12H11BF4I+. The molecule has 96 valence electrons. The predicted octanol–water partition coefficient (Wildman–Crippen LogP) is 1.23. The van der Waals surface area contributed by atoms with Crippen molar-refractivity contribution in [3.8, 4) is 0 Å². The molecule has 0 atom stereocenters. The number of halogens is 5. The van der Waals surface area contributed by atoms with Gasteiger partial charge in [-0.3, -0.25) is 0 Å². The first-order valence-corrected chi connectivity index (χ1v) is 7.23. The summed E-state index contributed by atoms with van der Waals surface area (Å²) in [7, 11) is -6.00. The van der Waals surface area contributed by atoms with Crippen molar-refractivity contribution in [1.29, 1.82) is 0 Å². The molecule has 0 spiro atoms. The molecule has 0 N–H and O–H groups in total. The largest absolute Gasteiger partial charge is 1.00 e. The Bertz CT molecular complexity index is 407. The summed E-state index contributed by atoms with van der Waals surface area (Å²) in [6, 6.07) is 21.4. The highest BCUT2D eigenvalue weighted by atomic mass is 127. The van der Waals surface area contributed by atoms with Gasteiger partial charge in [-0.05, 0) is 24.3 Å². The van der Waals surface area contributed by atoms with Crippen LogP contribution in [0.25, 0.3) is 0 Å². The second-order valence-electron chi connectivity index (χ2n) is 3.18. The third-order valence-electron chi connectivity index (χ3n) is 1.68. The Morgan fingerprint density at radius 1 is 0.667 bits per heavy atom. The van der Waals surface area contributed by atoms with Crippen molar-refractivity contribution < 1.29 is 39.9 Å². The highest BCUT2D eigenvalue weighted by Crippen LogP contribution is 2.06. The van der Waals surface area contributed by atoms with E-state index in [1.807, 2.05) is 0 Å². The van der Waals surface area contributed by atoms with Crippen molar-refractivity contribution in [3.63, 3.8) is 0 Å². The van der Waals surface area contributed by atoms with E-state index < -0.39 is 7.25 Å². The molecule has 0 saturated heterocycles. The van der Waals surface area contributed by atoms with E-state index in [1.165, 1.54) is 7.14 Å². The van der Waals surface area contributed by atoms with Gasteiger partial charge in [-0.15, -0.1) is 0 Å². The standard InChI is InChI=1S/C12H10I.BF4/c1-3-7-11(8-4-1)13-12-9-5-2-6-10-12;2-1(3,4)5/h1-10H;/q+1;-1/p+1. The smallest absolute Gasteiger partial charge is 0.418 e. The first kappa shape index (κ1) is 15.0. The van der Waals surface area contributed by atoms with Gasteiger partial charge in [0.1, 0.15) is 0 Å². The molecule has 0 aliphatic carbocycles. The third kappa shape index (κ3) is 8.11. The first-order valence-electron chi connectivity index (χ1n) is 5.07. The van der Waals surface area contributed by atoms with Gasteiger partial charge >= 0.3 is 29.9 Å². The lowest BCUT2D eigenvalue weighted by Crippen LogP contribution is -3.61. The van der Waals surface area contributed by atoms with Crippen LogP contribution < -0.4 is 21.2 Å². The Labute approximate surface area is 115 Å². The van der Waals surface area contributed by atoms with Crippen LogP contribution in [0.15, 0.2) is 60.7 Å². The molecule has 0 aliphatic rings. The lowest BCUT2D eigenvalue weighted by Gasteiger charge is -1.94. The van der Waals surface area contributed by atoms with E-state index in [-0.39, 0.29) is 22.6 Å². The van der Waals surface area contributed by atoms with Gasteiger partial charge < -0.3 is 17.3 Å². The summed E-state index contributed by atoms with van der Waals surface area (Å²) >= 11 is 0.0287. The Hall–Kier alpha value is -1.05. The summed E-state index contributed by atoms with van der Waals surface area (Å²) in [5.41, 5.74) is 0. The zero-order chi connectivity index (χ0) is 13.4. The van der Waals surface area contributed by atoms with Gasteiger partial charge in [-0.25, -0.2) is 0 Å². The molecule has 0 bridgehead atoms. The van der Waals surface area contributed by atoms with Crippen LogP contribution in [0.4, 0.5) is 17.3 Å². The fourth-order valence-corrected chi connectivity index (χ4v) is 3.35. The topological polar surface area (TPSA) is 0 Å². The summed E-state index contributed by atoms with van der Waals surface area (Å²) in [6.07, 6.45) is 0. The van der Waals surface area contributed by atoms with Crippen molar-refractivity contribution in [2.24, 2.45) is 0 Å². The average Bonchev–Trinajstić information content (AvgIpc) is 2.29. The first-order chi connectivity index (χ1) is 8.45. The molecule has 2 aromatic carbocycles. The van der Waals surface area contributed by atoms with Gasteiger partial charge in [-0.2, -0.15) is 0 Å². The fraction of sp³-hybridized carbons (Fsp3) is 0. The van der Waals surface area contributed by atoms with Crippen LogP contribution in [-0.4, -0.2) is 7.25 Å². The average molecular weight is 369 g/mol. The molecule has 0 fully saturated rings. The molecule has 0 unspecified atom stereocenters. The molecule has 0 aromatic heterocycles. The van der Waals surface area contributed by atoms with Gasteiger partial charge in [-0.1, -0.05) is 36.4 Å². The molecule has 0 saturated carbocycles. The zero-order valence-corrected chi connectivity index (χ0v) is 11.4. The summed E-state index contributed by atoms with van der Waals surface area (Å²) in [5.74, 6) is 0. The Kier molecular flexibility index (Phi) is 6.17. The summed E-state index contributed by atoms with van der Waals surface area (Å²) in [6.45, 7) is 0. The SMILES string of the molecule is F[B-](F)(F)F.[H+].c1ccc([I+]c2ccccc2)cc1. The molecule has 2 aromatic rings. The van der Waals surface area contributed by atoms with Crippen LogP contribution in [0.2, 0.25) is 0 Å². The maximum absolute atomic E-state index is 9.75. The van der Waals surface area contributed by atoms with Crippen molar-refractivity contribution in [3.05, 3.63) is 67.8 Å². The Balaban J connectivity index is 0.000000471. The molecule has 0 nitrogen and oxygen atoms in total. The summed E-state index contributed by atoms with van der Waals surface area (Å²) in [5, 5.41) is 0. The van der Waals surface area contributed by atoms with E-state index in [9.17, 15) is 17.3 Å². The fourth-order valence-electron chi connectivity index (χ4n) is 1.08. The van der Waals surface area contributed by atoms with Gasteiger partial charge in [0.2, 0.25) is 0 Å². The molecule has 0 heterocycles. The summed E-state index contributed by atoms with van der Waals surface area (Å²) < 4.78 is 42.0. The minimum absolute atomic E-state index is 0. The van der Waals surface area contributed by atoms with E-state index in [0.29, 0.717) is 0 Å². The van der Waals surface area contributed by atoms with Crippen molar-refractivity contribution in [1.82, 2.24) is 0 Å². The second kappa shape index (κ2) is 7.40. The van der Waals surface area contributed by atoms with Crippen molar-refractivity contribution >= 4 is 7.25 Å². The van der Waals surface area contributed by atoms with Crippen LogP contribution in [0.5, 0.6) is 0 Å². The molecule has 2 rings (SSSR count). The third-order valence-corrected chi connectivity index (χ3v) is 4.37. The maximum Gasteiger partial charge on any atom is 1.00 e. The predicted molar refractivity (Wildman–Crippen MR) is 61.6 cm³/mol. The van der Waals surface area contributed by atoms with E-state index >= 15 is 0 Å².